The van der Waals surface area contributed by atoms with E-state index in [9.17, 15) is 0 Å². The molecule has 2 atom stereocenters. The summed E-state index contributed by atoms with van der Waals surface area (Å²) in [6, 6.07) is 0.643. The first-order valence-corrected chi connectivity index (χ1v) is 10.4. The Morgan fingerprint density at radius 3 is 2.85 bits per heavy atom. The molecule has 0 aromatic heterocycles. The van der Waals surface area contributed by atoms with Crippen molar-refractivity contribution in [1.29, 1.82) is 0 Å². The average Bonchev–Trinajstić information content (AvgIpc) is 3.46. The van der Waals surface area contributed by atoms with Gasteiger partial charge >= 0.3 is 0 Å². The SMILES string of the molecule is CCC(C)N(CC1CC1)C1(C)C=CCC(CC2=C=CC=C(C)C=C2)=CC1. The van der Waals surface area contributed by atoms with E-state index in [0.29, 0.717) is 6.04 Å². The Morgan fingerprint density at radius 2 is 2.12 bits per heavy atom. The zero-order chi connectivity index (χ0) is 18.6. The summed E-state index contributed by atoms with van der Waals surface area (Å²) in [7, 11) is 0. The van der Waals surface area contributed by atoms with Gasteiger partial charge in [-0.3, -0.25) is 4.90 Å². The predicted octanol–water partition coefficient (Wildman–Crippen LogP) is 6.52. The van der Waals surface area contributed by atoms with Gasteiger partial charge in [-0.1, -0.05) is 54.5 Å². The lowest BCUT2D eigenvalue weighted by atomic mass is 9.92. The van der Waals surface area contributed by atoms with Gasteiger partial charge in [0.2, 0.25) is 0 Å². The topological polar surface area (TPSA) is 3.24 Å². The normalized spacial score (nSPS) is 26.9. The minimum atomic E-state index is 0.154. The first-order chi connectivity index (χ1) is 12.5. The van der Waals surface area contributed by atoms with Crippen molar-refractivity contribution in [3.05, 3.63) is 65.0 Å². The second-order valence-electron chi connectivity index (χ2n) is 8.64. The van der Waals surface area contributed by atoms with Crippen molar-refractivity contribution in [1.82, 2.24) is 4.90 Å². The Morgan fingerprint density at radius 1 is 1.31 bits per heavy atom. The molecule has 0 radical (unpaired) electrons. The molecule has 3 aliphatic rings. The fourth-order valence-corrected chi connectivity index (χ4v) is 3.99. The molecule has 1 nitrogen and oxygen atoms in total. The molecule has 0 heterocycles. The van der Waals surface area contributed by atoms with E-state index >= 15 is 0 Å². The number of nitrogens with zero attached hydrogens (tertiary/aromatic N) is 1. The molecule has 0 saturated heterocycles. The van der Waals surface area contributed by atoms with Crippen LogP contribution in [0.5, 0.6) is 0 Å². The van der Waals surface area contributed by atoms with E-state index in [1.165, 1.54) is 42.5 Å². The van der Waals surface area contributed by atoms with Gasteiger partial charge in [0.15, 0.2) is 0 Å². The molecule has 0 spiro atoms. The zero-order valence-corrected chi connectivity index (χ0v) is 17.1. The third-order valence-corrected chi connectivity index (χ3v) is 6.17. The lowest BCUT2D eigenvalue weighted by Gasteiger charge is -2.43. The highest BCUT2D eigenvalue weighted by Gasteiger charge is 2.36. The molecule has 0 amide bonds. The van der Waals surface area contributed by atoms with Crippen molar-refractivity contribution in [2.45, 2.75) is 77.8 Å². The molecule has 0 N–H and O–H groups in total. The largest absolute Gasteiger partial charge is 0.291 e. The summed E-state index contributed by atoms with van der Waals surface area (Å²) in [6.45, 7) is 10.6. The van der Waals surface area contributed by atoms with E-state index in [1.807, 2.05) is 0 Å². The summed E-state index contributed by atoms with van der Waals surface area (Å²) in [4.78, 5) is 2.78. The van der Waals surface area contributed by atoms with Crippen molar-refractivity contribution in [3.63, 3.8) is 0 Å². The lowest BCUT2D eigenvalue weighted by molar-refractivity contribution is 0.0916. The van der Waals surface area contributed by atoms with Crippen LogP contribution in [0.25, 0.3) is 0 Å². The molecular formula is C25H35N. The number of hydrogen-bond acceptors (Lipinski definition) is 1. The predicted molar refractivity (Wildman–Crippen MR) is 113 cm³/mol. The van der Waals surface area contributed by atoms with Crippen molar-refractivity contribution in [2.75, 3.05) is 6.54 Å². The minimum Gasteiger partial charge on any atom is -0.291 e. The van der Waals surface area contributed by atoms with Crippen LogP contribution in [-0.2, 0) is 0 Å². The lowest BCUT2D eigenvalue weighted by Crippen LogP contribution is -2.50. The van der Waals surface area contributed by atoms with E-state index in [4.69, 9.17) is 0 Å². The van der Waals surface area contributed by atoms with Crippen molar-refractivity contribution < 1.29 is 0 Å². The van der Waals surface area contributed by atoms with Crippen LogP contribution < -0.4 is 0 Å². The Balaban J connectivity index is 1.72. The summed E-state index contributed by atoms with van der Waals surface area (Å²) in [5, 5.41) is 0. The molecule has 26 heavy (non-hydrogen) atoms. The maximum absolute atomic E-state index is 3.44. The maximum Gasteiger partial charge on any atom is 0.0400 e. The Labute approximate surface area is 160 Å². The molecular weight excluding hydrogens is 314 g/mol. The quantitative estimate of drug-likeness (QED) is 0.373. The van der Waals surface area contributed by atoms with Crippen LogP contribution >= 0.6 is 0 Å². The van der Waals surface area contributed by atoms with Gasteiger partial charge in [-0.15, -0.1) is 5.73 Å². The molecule has 3 aliphatic carbocycles. The Bertz CT molecular complexity index is 692. The highest BCUT2D eigenvalue weighted by atomic mass is 15.2. The van der Waals surface area contributed by atoms with Gasteiger partial charge in [-0.25, -0.2) is 0 Å². The smallest absolute Gasteiger partial charge is 0.0400 e. The fourth-order valence-electron chi connectivity index (χ4n) is 3.99. The fraction of sp³-hybridized carbons (Fsp3) is 0.560. The number of rotatable bonds is 7. The highest BCUT2D eigenvalue weighted by molar-refractivity contribution is 5.36. The molecule has 3 rings (SSSR count). The summed E-state index contributed by atoms with van der Waals surface area (Å²) < 4.78 is 0. The van der Waals surface area contributed by atoms with Gasteiger partial charge in [0.25, 0.3) is 0 Å². The van der Waals surface area contributed by atoms with E-state index < -0.39 is 0 Å². The molecule has 2 unspecified atom stereocenters. The average molecular weight is 350 g/mol. The van der Waals surface area contributed by atoms with Gasteiger partial charge in [0, 0.05) is 24.5 Å². The van der Waals surface area contributed by atoms with Crippen LogP contribution in [0.15, 0.2) is 65.0 Å². The van der Waals surface area contributed by atoms with Crippen LogP contribution in [-0.4, -0.2) is 23.0 Å². The standard InChI is InChI=1S/C25H35N/c1-5-21(3)26(19-24-13-14-24)25(4)16-7-10-23(15-17-25)18-22-9-6-8-20(2)11-12-22/h6-8,11-12,15-16,21,24H,5,10,13-14,17-19H2,1-4H3. The van der Waals surface area contributed by atoms with E-state index in [1.54, 1.807) is 0 Å². The van der Waals surface area contributed by atoms with Crippen molar-refractivity contribution >= 4 is 0 Å². The summed E-state index contributed by atoms with van der Waals surface area (Å²) in [5.41, 5.74) is 7.70. The van der Waals surface area contributed by atoms with Gasteiger partial charge in [0.05, 0.1) is 0 Å². The van der Waals surface area contributed by atoms with Crippen molar-refractivity contribution in [2.24, 2.45) is 5.92 Å². The van der Waals surface area contributed by atoms with Gasteiger partial charge in [-0.2, -0.15) is 0 Å². The van der Waals surface area contributed by atoms with Crippen LogP contribution in [0.2, 0.25) is 0 Å². The van der Waals surface area contributed by atoms with Gasteiger partial charge in [-0.05, 0) is 70.4 Å². The molecule has 0 aliphatic heterocycles. The summed E-state index contributed by atoms with van der Waals surface area (Å²) >= 11 is 0. The maximum atomic E-state index is 3.44. The first-order valence-electron chi connectivity index (χ1n) is 10.4. The monoisotopic (exact) mass is 349 g/mol. The molecule has 1 heteroatoms. The molecule has 140 valence electrons. The summed E-state index contributed by atoms with van der Waals surface area (Å²) in [6.07, 6.45) is 23.3. The molecule has 1 fully saturated rings. The van der Waals surface area contributed by atoms with E-state index in [0.717, 1.165) is 25.2 Å². The second-order valence-corrected chi connectivity index (χ2v) is 8.64. The zero-order valence-electron chi connectivity index (χ0n) is 17.1. The molecule has 0 aromatic carbocycles. The van der Waals surface area contributed by atoms with Crippen LogP contribution in [0, 0.1) is 5.92 Å². The highest BCUT2D eigenvalue weighted by Crippen LogP contribution is 2.37. The third kappa shape index (κ3) is 5.00. The van der Waals surface area contributed by atoms with Gasteiger partial charge < -0.3 is 0 Å². The second kappa shape index (κ2) is 8.42. The van der Waals surface area contributed by atoms with E-state index in [2.05, 4.69) is 80.9 Å². The number of allylic oxidation sites excluding steroid dienone is 7. The molecule has 0 aromatic rings. The van der Waals surface area contributed by atoms with Gasteiger partial charge in [0.1, 0.15) is 0 Å². The van der Waals surface area contributed by atoms with Crippen LogP contribution in [0.4, 0.5) is 0 Å². The summed E-state index contributed by atoms with van der Waals surface area (Å²) in [5.74, 6) is 0.933. The third-order valence-electron chi connectivity index (χ3n) is 6.17. The molecule has 1 saturated carbocycles. The first kappa shape index (κ1) is 19.2. The van der Waals surface area contributed by atoms with E-state index in [-0.39, 0.29) is 5.54 Å². The minimum absolute atomic E-state index is 0.154. The Kier molecular flexibility index (Phi) is 6.22. The Hall–Kier alpha value is -1.56. The molecule has 0 bridgehead atoms. The van der Waals surface area contributed by atoms with Crippen LogP contribution in [0.3, 0.4) is 0 Å². The number of hydrogen-bond donors (Lipinski definition) is 0. The van der Waals surface area contributed by atoms with Crippen LogP contribution in [0.1, 0.15) is 66.2 Å². The van der Waals surface area contributed by atoms with Crippen molar-refractivity contribution in [3.8, 4) is 0 Å².